The van der Waals surface area contributed by atoms with Gasteiger partial charge in [-0.2, -0.15) is 0 Å². The van der Waals surface area contributed by atoms with Gasteiger partial charge >= 0.3 is 11.9 Å². The van der Waals surface area contributed by atoms with E-state index in [2.05, 4.69) is 74.6 Å². The standard InChI is InChI=1S/C44H73NO7/c1-6-8-10-12-14-16-18-20-21-23-24-26-28-30-32-34-42(46)51-39-40(38-50-37-36-41(44(48)49)45(3,4)5)52-43(47)35-33-31-29-27-25-22-19-17-15-13-11-9-7-2/h8-19,40-41H,6-7,20-39H2,1-5H3/b10-8+,11-9+,14-12+,15-13+,18-16+,19-17+. The Labute approximate surface area is 317 Å². The van der Waals surface area contributed by atoms with Crippen molar-refractivity contribution in [3.63, 3.8) is 0 Å². The van der Waals surface area contributed by atoms with Crippen LogP contribution in [0.15, 0.2) is 72.9 Å². The first kappa shape index (κ1) is 48.8. The number of carboxylic acids is 1. The van der Waals surface area contributed by atoms with Crippen molar-refractivity contribution in [1.29, 1.82) is 0 Å². The Hall–Kier alpha value is -3.23. The van der Waals surface area contributed by atoms with E-state index in [1.54, 1.807) is 21.1 Å². The summed E-state index contributed by atoms with van der Waals surface area (Å²) in [5.74, 6) is -1.79. The lowest BCUT2D eigenvalue weighted by Crippen LogP contribution is -2.55. The highest BCUT2D eigenvalue weighted by molar-refractivity contribution is 5.70. The topological polar surface area (TPSA) is 102 Å². The van der Waals surface area contributed by atoms with Crippen LogP contribution >= 0.6 is 0 Å². The first-order valence-electron chi connectivity index (χ1n) is 20.0. The van der Waals surface area contributed by atoms with Crippen molar-refractivity contribution in [3.05, 3.63) is 72.9 Å². The molecule has 8 heteroatoms. The predicted octanol–water partition coefficient (Wildman–Crippen LogP) is 9.07. The van der Waals surface area contributed by atoms with E-state index in [0.29, 0.717) is 12.8 Å². The molecule has 2 atom stereocenters. The largest absolute Gasteiger partial charge is 0.544 e. The van der Waals surface area contributed by atoms with Crippen molar-refractivity contribution in [1.82, 2.24) is 0 Å². The van der Waals surface area contributed by atoms with Crippen LogP contribution in [0.25, 0.3) is 0 Å². The summed E-state index contributed by atoms with van der Waals surface area (Å²) in [5.41, 5.74) is 0. The monoisotopic (exact) mass is 728 g/mol. The number of likely N-dealkylation sites (N-methyl/N-ethyl adjacent to an activating group) is 1. The fourth-order valence-corrected chi connectivity index (χ4v) is 5.36. The first-order valence-corrected chi connectivity index (χ1v) is 20.0. The average molecular weight is 728 g/mol. The Bertz CT molecular complexity index is 1080. The SMILES string of the molecule is CC/C=C/C=C/C=C/CCCCCCCCCC(=O)OCC(COCCC(C(=O)[O-])[N+](C)(C)C)OC(=O)CCCCCCC/C=C/C=C/C=C/CC. The molecule has 0 aliphatic carbocycles. The zero-order chi connectivity index (χ0) is 38.5. The Morgan fingerprint density at radius 3 is 1.48 bits per heavy atom. The van der Waals surface area contributed by atoms with Crippen molar-refractivity contribution >= 4 is 17.9 Å². The highest BCUT2D eigenvalue weighted by Crippen LogP contribution is 2.13. The van der Waals surface area contributed by atoms with E-state index in [1.165, 1.54) is 19.3 Å². The molecule has 0 aromatic rings. The van der Waals surface area contributed by atoms with Crippen LogP contribution in [0.4, 0.5) is 0 Å². The maximum absolute atomic E-state index is 12.7. The number of hydrogen-bond acceptors (Lipinski definition) is 7. The molecule has 0 spiro atoms. The molecule has 0 amide bonds. The van der Waals surface area contributed by atoms with Crippen molar-refractivity contribution in [2.75, 3.05) is 41.0 Å². The molecule has 0 heterocycles. The second kappa shape index (κ2) is 34.8. The summed E-state index contributed by atoms with van der Waals surface area (Å²) in [5, 5.41) is 11.6. The number of carboxylic acid groups (broad SMARTS) is 1. The molecular formula is C44H73NO7. The summed E-state index contributed by atoms with van der Waals surface area (Å²) in [4.78, 5) is 36.7. The zero-order valence-electron chi connectivity index (χ0n) is 33.4. The first-order chi connectivity index (χ1) is 25.1. The third-order valence-corrected chi connectivity index (χ3v) is 8.46. The van der Waals surface area contributed by atoms with Crippen LogP contribution in [0.1, 0.15) is 136 Å². The molecule has 0 aliphatic heterocycles. The molecule has 0 aliphatic rings. The number of carbonyl (C=O) groups excluding carboxylic acids is 3. The second-order valence-corrected chi connectivity index (χ2v) is 14.2. The zero-order valence-corrected chi connectivity index (χ0v) is 33.4. The van der Waals surface area contributed by atoms with Gasteiger partial charge in [0.1, 0.15) is 12.6 Å². The second-order valence-electron chi connectivity index (χ2n) is 14.2. The van der Waals surface area contributed by atoms with Gasteiger partial charge in [-0.1, -0.05) is 138 Å². The lowest BCUT2D eigenvalue weighted by atomic mass is 10.1. The minimum absolute atomic E-state index is 0.0241. The number of ether oxygens (including phenoxy) is 3. The van der Waals surface area contributed by atoms with Crippen LogP contribution in [-0.4, -0.2) is 75.5 Å². The van der Waals surface area contributed by atoms with Crippen LogP contribution in [0.2, 0.25) is 0 Å². The van der Waals surface area contributed by atoms with Gasteiger partial charge in [-0.05, 0) is 51.4 Å². The highest BCUT2D eigenvalue weighted by atomic mass is 16.6. The van der Waals surface area contributed by atoms with Gasteiger partial charge in [-0.3, -0.25) is 9.59 Å². The van der Waals surface area contributed by atoms with Crippen LogP contribution < -0.4 is 5.11 Å². The molecule has 0 saturated carbocycles. The maximum atomic E-state index is 12.7. The van der Waals surface area contributed by atoms with Gasteiger partial charge in [0.05, 0.1) is 40.3 Å². The van der Waals surface area contributed by atoms with E-state index >= 15 is 0 Å². The van der Waals surface area contributed by atoms with Gasteiger partial charge in [0.15, 0.2) is 6.10 Å². The molecule has 0 N–H and O–H groups in total. The number of aliphatic carboxylic acids is 1. The molecule has 0 saturated heterocycles. The van der Waals surface area contributed by atoms with E-state index in [4.69, 9.17) is 14.2 Å². The smallest absolute Gasteiger partial charge is 0.306 e. The highest BCUT2D eigenvalue weighted by Gasteiger charge is 2.25. The Morgan fingerprint density at radius 1 is 0.577 bits per heavy atom. The summed E-state index contributed by atoms with van der Waals surface area (Å²) >= 11 is 0. The van der Waals surface area contributed by atoms with E-state index in [1.807, 2.05) is 12.2 Å². The Balaban J connectivity index is 4.45. The molecule has 0 radical (unpaired) electrons. The number of hydrogen-bond donors (Lipinski definition) is 0. The van der Waals surface area contributed by atoms with E-state index in [-0.39, 0.29) is 42.7 Å². The number of quaternary nitrogens is 1. The quantitative estimate of drug-likeness (QED) is 0.0282. The van der Waals surface area contributed by atoms with Crippen LogP contribution in [0.5, 0.6) is 0 Å². The lowest BCUT2D eigenvalue weighted by Gasteiger charge is -2.34. The normalized spacial score (nSPS) is 13.8. The molecule has 8 nitrogen and oxygen atoms in total. The maximum Gasteiger partial charge on any atom is 0.306 e. The van der Waals surface area contributed by atoms with E-state index in [9.17, 15) is 19.5 Å². The molecule has 296 valence electrons. The molecule has 0 fully saturated rings. The average Bonchev–Trinajstić information content (AvgIpc) is 3.09. The van der Waals surface area contributed by atoms with E-state index < -0.39 is 18.1 Å². The number of unbranched alkanes of at least 4 members (excludes halogenated alkanes) is 12. The van der Waals surface area contributed by atoms with Crippen molar-refractivity contribution < 1.29 is 38.2 Å². The van der Waals surface area contributed by atoms with Crippen LogP contribution in [-0.2, 0) is 28.6 Å². The molecular weight excluding hydrogens is 654 g/mol. The fraction of sp³-hybridized carbons (Fsp3) is 0.659. The van der Waals surface area contributed by atoms with Crippen molar-refractivity contribution in [3.8, 4) is 0 Å². The molecule has 0 aromatic carbocycles. The van der Waals surface area contributed by atoms with Gasteiger partial charge in [0.25, 0.3) is 0 Å². The van der Waals surface area contributed by atoms with Gasteiger partial charge in [-0.15, -0.1) is 0 Å². The lowest BCUT2D eigenvalue weighted by molar-refractivity contribution is -0.889. The number of carbonyl (C=O) groups is 3. The van der Waals surface area contributed by atoms with Crippen molar-refractivity contribution in [2.45, 2.75) is 148 Å². The molecule has 0 bridgehead atoms. The summed E-state index contributed by atoms with van der Waals surface area (Å²) < 4.78 is 17.1. The Morgan fingerprint density at radius 2 is 1.02 bits per heavy atom. The molecule has 2 unspecified atom stereocenters. The van der Waals surface area contributed by atoms with Gasteiger partial charge in [-0.25, -0.2) is 0 Å². The number of nitrogens with zero attached hydrogens (tertiary/aromatic N) is 1. The van der Waals surface area contributed by atoms with Gasteiger partial charge in [0, 0.05) is 19.3 Å². The van der Waals surface area contributed by atoms with Gasteiger partial charge < -0.3 is 28.6 Å². The van der Waals surface area contributed by atoms with Gasteiger partial charge in [0.2, 0.25) is 0 Å². The van der Waals surface area contributed by atoms with Crippen LogP contribution in [0.3, 0.4) is 0 Å². The summed E-state index contributed by atoms with van der Waals surface area (Å²) in [7, 11) is 5.38. The minimum Gasteiger partial charge on any atom is -0.544 e. The molecule has 0 rings (SSSR count). The van der Waals surface area contributed by atoms with Crippen LogP contribution in [0, 0.1) is 0 Å². The summed E-state index contributed by atoms with van der Waals surface area (Å²) in [6, 6.07) is -0.734. The number of rotatable bonds is 34. The Kier molecular flexibility index (Phi) is 32.7. The third-order valence-electron chi connectivity index (χ3n) is 8.46. The fourth-order valence-electron chi connectivity index (χ4n) is 5.36. The van der Waals surface area contributed by atoms with Crippen molar-refractivity contribution in [2.24, 2.45) is 0 Å². The predicted molar refractivity (Wildman–Crippen MR) is 212 cm³/mol. The number of esters is 2. The molecule has 52 heavy (non-hydrogen) atoms. The minimum atomic E-state index is -1.13. The third kappa shape index (κ3) is 32.7. The number of allylic oxidation sites excluding steroid dienone is 12. The van der Waals surface area contributed by atoms with E-state index in [0.717, 1.165) is 83.5 Å². The summed E-state index contributed by atoms with van der Waals surface area (Å²) in [6.45, 7) is 4.34. The summed E-state index contributed by atoms with van der Waals surface area (Å²) in [6.07, 6.45) is 42.1. The molecule has 0 aromatic heterocycles.